The zero-order valence-electron chi connectivity index (χ0n) is 9.82. The van der Waals surface area contributed by atoms with Crippen LogP contribution in [-0.2, 0) is 16.1 Å². The van der Waals surface area contributed by atoms with Crippen LogP contribution >= 0.6 is 27.3 Å². The molecule has 1 unspecified atom stereocenters. The molecule has 5 heteroatoms. The van der Waals surface area contributed by atoms with Crippen molar-refractivity contribution >= 4 is 33.0 Å². The van der Waals surface area contributed by atoms with E-state index >= 15 is 0 Å². The average Bonchev–Trinajstić information content (AvgIpc) is 2.89. The Kier molecular flexibility index (Phi) is 4.73. The van der Waals surface area contributed by atoms with Crippen LogP contribution in [0.2, 0.25) is 0 Å². The van der Waals surface area contributed by atoms with Crippen molar-refractivity contribution in [2.24, 2.45) is 5.92 Å². The van der Waals surface area contributed by atoms with Crippen LogP contribution in [0.25, 0.3) is 0 Å². The third-order valence-corrected chi connectivity index (χ3v) is 4.54. The molecule has 2 heterocycles. The summed E-state index contributed by atoms with van der Waals surface area (Å²) in [6.07, 6.45) is 0.886. The van der Waals surface area contributed by atoms with Gasteiger partial charge in [0.15, 0.2) is 5.78 Å². The molecule has 3 nitrogen and oxygen atoms in total. The molecule has 0 N–H and O–H groups in total. The maximum atomic E-state index is 11.9. The van der Waals surface area contributed by atoms with E-state index in [1.807, 2.05) is 7.05 Å². The van der Waals surface area contributed by atoms with Gasteiger partial charge in [0.1, 0.15) is 0 Å². The first kappa shape index (κ1) is 13.2. The summed E-state index contributed by atoms with van der Waals surface area (Å²) in [7, 11) is 1.99. The molecule has 0 saturated carbocycles. The Hall–Kier alpha value is -0.230. The second-order valence-corrected chi connectivity index (χ2v) is 6.34. The molecule has 17 heavy (non-hydrogen) atoms. The van der Waals surface area contributed by atoms with Crippen LogP contribution in [0, 0.1) is 5.92 Å². The Morgan fingerprint density at radius 3 is 3.12 bits per heavy atom. The highest BCUT2D eigenvalue weighted by molar-refractivity contribution is 9.10. The van der Waals surface area contributed by atoms with Crippen molar-refractivity contribution in [1.29, 1.82) is 0 Å². The molecule has 0 bridgehead atoms. The Labute approximate surface area is 114 Å². The van der Waals surface area contributed by atoms with Crippen molar-refractivity contribution in [2.45, 2.75) is 13.0 Å². The molecule has 0 radical (unpaired) electrons. The summed E-state index contributed by atoms with van der Waals surface area (Å²) in [5, 5.41) is 2.07. The second kappa shape index (κ2) is 6.09. The van der Waals surface area contributed by atoms with Crippen molar-refractivity contribution in [1.82, 2.24) is 4.90 Å². The van der Waals surface area contributed by atoms with E-state index in [0.717, 1.165) is 24.0 Å². The Morgan fingerprint density at radius 1 is 1.71 bits per heavy atom. The highest BCUT2D eigenvalue weighted by atomic mass is 79.9. The first-order valence-electron chi connectivity index (χ1n) is 5.67. The van der Waals surface area contributed by atoms with Crippen LogP contribution in [0.15, 0.2) is 15.9 Å². The topological polar surface area (TPSA) is 29.5 Å². The van der Waals surface area contributed by atoms with Crippen LogP contribution in [-0.4, -0.2) is 37.5 Å². The van der Waals surface area contributed by atoms with Gasteiger partial charge in [-0.05, 0) is 35.5 Å². The Balaban J connectivity index is 1.80. The highest BCUT2D eigenvalue weighted by Crippen LogP contribution is 2.21. The fraction of sp³-hybridized carbons (Fsp3) is 0.583. The SMILES string of the molecule is CN(CC(=O)C1CCOC1)Cc1cc(Br)cs1. The van der Waals surface area contributed by atoms with E-state index in [0.29, 0.717) is 18.9 Å². The van der Waals surface area contributed by atoms with Gasteiger partial charge < -0.3 is 4.74 Å². The molecule has 1 atom stereocenters. The summed E-state index contributed by atoms with van der Waals surface area (Å²) >= 11 is 5.15. The van der Waals surface area contributed by atoms with E-state index in [4.69, 9.17) is 4.74 Å². The van der Waals surface area contributed by atoms with Crippen LogP contribution in [0.4, 0.5) is 0 Å². The van der Waals surface area contributed by atoms with Crippen molar-refractivity contribution in [3.8, 4) is 0 Å². The monoisotopic (exact) mass is 317 g/mol. The Bertz CT molecular complexity index is 388. The largest absolute Gasteiger partial charge is 0.381 e. The molecule has 2 rings (SSSR count). The second-order valence-electron chi connectivity index (χ2n) is 4.43. The predicted molar refractivity (Wildman–Crippen MR) is 72.3 cm³/mol. The molecule has 94 valence electrons. The molecule has 1 saturated heterocycles. The minimum atomic E-state index is 0.118. The number of nitrogens with zero attached hydrogens (tertiary/aromatic N) is 1. The lowest BCUT2D eigenvalue weighted by molar-refractivity contribution is -0.123. The van der Waals surface area contributed by atoms with E-state index in [-0.39, 0.29) is 5.92 Å². The minimum absolute atomic E-state index is 0.118. The summed E-state index contributed by atoms with van der Waals surface area (Å²) < 4.78 is 6.35. The molecule has 1 fully saturated rings. The van der Waals surface area contributed by atoms with Crippen LogP contribution in [0.3, 0.4) is 0 Å². The number of hydrogen-bond acceptors (Lipinski definition) is 4. The number of hydrogen-bond donors (Lipinski definition) is 0. The van der Waals surface area contributed by atoms with E-state index < -0.39 is 0 Å². The van der Waals surface area contributed by atoms with Gasteiger partial charge in [-0.2, -0.15) is 0 Å². The van der Waals surface area contributed by atoms with Crippen LogP contribution in [0.1, 0.15) is 11.3 Å². The fourth-order valence-corrected chi connectivity index (χ4v) is 3.47. The lowest BCUT2D eigenvalue weighted by Gasteiger charge is -2.16. The molecule has 1 aliphatic heterocycles. The number of Topliss-reactive ketones (excluding diaryl/α,β-unsaturated/α-hetero) is 1. The van der Waals surface area contributed by atoms with Gasteiger partial charge >= 0.3 is 0 Å². The molecule has 1 aromatic rings. The molecule has 0 spiro atoms. The molecular weight excluding hydrogens is 302 g/mol. The number of rotatable bonds is 5. The summed E-state index contributed by atoms with van der Waals surface area (Å²) in [6.45, 7) is 2.69. The van der Waals surface area contributed by atoms with E-state index in [9.17, 15) is 4.79 Å². The number of carbonyl (C=O) groups is 1. The number of halogens is 1. The highest BCUT2D eigenvalue weighted by Gasteiger charge is 2.24. The maximum Gasteiger partial charge on any atom is 0.152 e. The van der Waals surface area contributed by atoms with E-state index in [1.165, 1.54) is 4.88 Å². The van der Waals surface area contributed by atoms with Gasteiger partial charge in [-0.15, -0.1) is 11.3 Å². The third-order valence-electron chi connectivity index (χ3n) is 2.86. The zero-order chi connectivity index (χ0) is 12.3. The first-order valence-corrected chi connectivity index (χ1v) is 7.34. The fourth-order valence-electron chi connectivity index (χ4n) is 1.94. The number of carbonyl (C=O) groups excluding carboxylic acids is 1. The number of ketones is 1. The lowest BCUT2D eigenvalue weighted by Crippen LogP contribution is -2.30. The normalized spacial score (nSPS) is 20.1. The van der Waals surface area contributed by atoms with Crippen LogP contribution in [0.5, 0.6) is 0 Å². The standard InChI is InChI=1S/C12H16BrNO2S/c1-14(5-11-4-10(13)8-17-11)6-12(15)9-2-3-16-7-9/h4,8-9H,2-3,5-7H2,1H3. The predicted octanol–water partition coefficient (Wildman–Crippen LogP) is 2.55. The maximum absolute atomic E-state index is 11.9. The first-order chi connectivity index (χ1) is 8.15. The zero-order valence-corrected chi connectivity index (χ0v) is 12.2. The summed E-state index contributed by atoms with van der Waals surface area (Å²) in [6, 6.07) is 2.10. The molecule has 0 aromatic carbocycles. The molecule has 1 aromatic heterocycles. The quantitative estimate of drug-likeness (QED) is 0.836. The van der Waals surface area contributed by atoms with Gasteiger partial charge in [-0.25, -0.2) is 0 Å². The van der Waals surface area contributed by atoms with Gasteiger partial charge in [0.25, 0.3) is 0 Å². The van der Waals surface area contributed by atoms with Gasteiger partial charge in [0, 0.05) is 33.8 Å². The van der Waals surface area contributed by atoms with Crippen LogP contribution < -0.4 is 0 Å². The van der Waals surface area contributed by atoms with E-state index in [1.54, 1.807) is 11.3 Å². The van der Waals surface area contributed by atoms with Gasteiger partial charge in [0.05, 0.1) is 13.2 Å². The minimum Gasteiger partial charge on any atom is -0.381 e. The molecular formula is C12H16BrNO2S. The molecule has 0 aliphatic carbocycles. The summed E-state index contributed by atoms with van der Waals surface area (Å²) in [4.78, 5) is 15.3. The van der Waals surface area contributed by atoms with Crippen molar-refractivity contribution in [2.75, 3.05) is 26.8 Å². The van der Waals surface area contributed by atoms with Crippen molar-refractivity contribution in [3.05, 3.63) is 20.8 Å². The average molecular weight is 318 g/mol. The van der Waals surface area contributed by atoms with Gasteiger partial charge in [0.2, 0.25) is 0 Å². The summed E-state index contributed by atoms with van der Waals surface area (Å²) in [5.41, 5.74) is 0. The smallest absolute Gasteiger partial charge is 0.152 e. The van der Waals surface area contributed by atoms with Gasteiger partial charge in [-0.1, -0.05) is 0 Å². The lowest BCUT2D eigenvalue weighted by atomic mass is 10.0. The number of ether oxygens (including phenoxy) is 1. The molecule has 1 aliphatic rings. The third kappa shape index (κ3) is 3.88. The molecule has 0 amide bonds. The van der Waals surface area contributed by atoms with Crippen molar-refractivity contribution in [3.63, 3.8) is 0 Å². The van der Waals surface area contributed by atoms with Crippen molar-refractivity contribution < 1.29 is 9.53 Å². The Morgan fingerprint density at radius 2 is 2.53 bits per heavy atom. The van der Waals surface area contributed by atoms with Gasteiger partial charge in [-0.3, -0.25) is 9.69 Å². The number of likely N-dealkylation sites (N-methyl/N-ethyl adjacent to an activating group) is 1. The summed E-state index contributed by atoms with van der Waals surface area (Å²) in [5.74, 6) is 0.424. The number of thiophene rings is 1. The van der Waals surface area contributed by atoms with E-state index in [2.05, 4.69) is 32.3 Å².